The Morgan fingerprint density at radius 3 is 2.06 bits per heavy atom. The highest BCUT2D eigenvalue weighted by atomic mass is 15.4. The minimum Gasteiger partial charge on any atom is -0.246 e. The van der Waals surface area contributed by atoms with Crippen LogP contribution in [0.4, 0.5) is 0 Å². The standard InChI is InChI=1S/C13H25N3/c1-7-12(4,5)11-10-16(15-14-11)13(6,8-2)9-3/h10H,7-9H2,1-6H3. The van der Waals surface area contributed by atoms with Gasteiger partial charge in [0.1, 0.15) is 0 Å². The zero-order valence-corrected chi connectivity index (χ0v) is 11.5. The van der Waals surface area contributed by atoms with Gasteiger partial charge in [-0.3, -0.25) is 0 Å². The van der Waals surface area contributed by atoms with E-state index in [0.29, 0.717) is 0 Å². The molecule has 92 valence electrons. The summed E-state index contributed by atoms with van der Waals surface area (Å²) < 4.78 is 2.04. The van der Waals surface area contributed by atoms with Crippen molar-refractivity contribution in [2.24, 2.45) is 0 Å². The smallest absolute Gasteiger partial charge is 0.0883 e. The van der Waals surface area contributed by atoms with E-state index < -0.39 is 0 Å². The molecule has 0 fully saturated rings. The first kappa shape index (κ1) is 13.2. The van der Waals surface area contributed by atoms with Crippen LogP contribution in [0.15, 0.2) is 6.20 Å². The Labute approximate surface area is 99.2 Å². The van der Waals surface area contributed by atoms with E-state index in [-0.39, 0.29) is 11.0 Å². The average molecular weight is 223 g/mol. The normalized spacial score (nSPS) is 13.1. The van der Waals surface area contributed by atoms with Gasteiger partial charge in [0.2, 0.25) is 0 Å². The van der Waals surface area contributed by atoms with Gasteiger partial charge in [-0.05, 0) is 26.2 Å². The van der Waals surface area contributed by atoms with Gasteiger partial charge in [-0.1, -0.05) is 39.8 Å². The van der Waals surface area contributed by atoms with Crippen molar-refractivity contribution >= 4 is 0 Å². The molecule has 0 aliphatic heterocycles. The third kappa shape index (κ3) is 2.28. The van der Waals surface area contributed by atoms with Crippen molar-refractivity contribution in [3.63, 3.8) is 0 Å². The number of rotatable bonds is 5. The van der Waals surface area contributed by atoms with E-state index >= 15 is 0 Å². The van der Waals surface area contributed by atoms with Crippen LogP contribution in [-0.2, 0) is 11.0 Å². The van der Waals surface area contributed by atoms with Crippen LogP contribution >= 0.6 is 0 Å². The highest BCUT2D eigenvalue weighted by Gasteiger charge is 2.27. The third-order valence-corrected chi connectivity index (χ3v) is 4.15. The molecule has 0 spiro atoms. The maximum Gasteiger partial charge on any atom is 0.0883 e. The zero-order valence-electron chi connectivity index (χ0n) is 11.5. The summed E-state index contributed by atoms with van der Waals surface area (Å²) in [5, 5.41) is 8.64. The SMILES string of the molecule is CCC(C)(C)c1cn(C(C)(CC)CC)nn1. The maximum atomic E-state index is 4.33. The van der Waals surface area contributed by atoms with E-state index in [1.165, 1.54) is 0 Å². The highest BCUT2D eigenvalue weighted by molar-refractivity contribution is 5.09. The molecule has 0 saturated carbocycles. The Bertz CT molecular complexity index is 335. The van der Waals surface area contributed by atoms with Crippen LogP contribution in [0.1, 0.15) is 66.5 Å². The first-order valence-electron chi connectivity index (χ1n) is 6.33. The minimum atomic E-state index is 0.106. The summed E-state index contributed by atoms with van der Waals surface area (Å²) >= 11 is 0. The molecule has 1 heterocycles. The van der Waals surface area contributed by atoms with Crippen molar-refractivity contribution in [1.82, 2.24) is 15.0 Å². The van der Waals surface area contributed by atoms with Gasteiger partial charge < -0.3 is 0 Å². The molecule has 0 bridgehead atoms. The fraction of sp³-hybridized carbons (Fsp3) is 0.846. The molecule has 0 saturated heterocycles. The quantitative estimate of drug-likeness (QED) is 0.765. The van der Waals surface area contributed by atoms with Crippen LogP contribution in [0.5, 0.6) is 0 Å². The van der Waals surface area contributed by atoms with E-state index in [0.717, 1.165) is 25.0 Å². The van der Waals surface area contributed by atoms with Gasteiger partial charge in [0.15, 0.2) is 0 Å². The number of aromatic nitrogens is 3. The summed E-state index contributed by atoms with van der Waals surface area (Å²) in [6, 6.07) is 0. The Morgan fingerprint density at radius 2 is 1.62 bits per heavy atom. The summed E-state index contributed by atoms with van der Waals surface area (Å²) in [6.45, 7) is 13.3. The fourth-order valence-corrected chi connectivity index (χ4v) is 1.59. The summed E-state index contributed by atoms with van der Waals surface area (Å²) in [5.74, 6) is 0. The molecule has 0 N–H and O–H groups in total. The van der Waals surface area contributed by atoms with Crippen LogP contribution in [-0.4, -0.2) is 15.0 Å². The summed E-state index contributed by atoms with van der Waals surface area (Å²) in [6.07, 6.45) is 5.37. The summed E-state index contributed by atoms with van der Waals surface area (Å²) in [7, 11) is 0. The van der Waals surface area contributed by atoms with Gasteiger partial charge in [0.25, 0.3) is 0 Å². The molecule has 0 atom stereocenters. The largest absolute Gasteiger partial charge is 0.246 e. The summed E-state index contributed by atoms with van der Waals surface area (Å²) in [4.78, 5) is 0. The van der Waals surface area contributed by atoms with Crippen molar-refractivity contribution in [3.05, 3.63) is 11.9 Å². The first-order chi connectivity index (χ1) is 7.39. The molecule has 0 unspecified atom stereocenters. The lowest BCUT2D eigenvalue weighted by atomic mass is 9.87. The van der Waals surface area contributed by atoms with Crippen LogP contribution in [0.3, 0.4) is 0 Å². The molecule has 1 aromatic rings. The van der Waals surface area contributed by atoms with E-state index in [1.807, 2.05) is 4.68 Å². The van der Waals surface area contributed by atoms with Crippen LogP contribution in [0.2, 0.25) is 0 Å². The van der Waals surface area contributed by atoms with E-state index in [4.69, 9.17) is 0 Å². The van der Waals surface area contributed by atoms with Crippen molar-refractivity contribution in [3.8, 4) is 0 Å². The Kier molecular flexibility index (Phi) is 3.76. The maximum absolute atomic E-state index is 4.33. The fourth-order valence-electron chi connectivity index (χ4n) is 1.59. The monoisotopic (exact) mass is 223 g/mol. The molecule has 16 heavy (non-hydrogen) atoms. The molecule has 1 rings (SSSR count). The molecular weight excluding hydrogens is 198 g/mol. The zero-order chi connectivity index (χ0) is 12.4. The van der Waals surface area contributed by atoms with Gasteiger partial charge >= 0.3 is 0 Å². The number of hydrogen-bond acceptors (Lipinski definition) is 2. The number of nitrogens with zero attached hydrogens (tertiary/aromatic N) is 3. The van der Waals surface area contributed by atoms with Crippen molar-refractivity contribution < 1.29 is 0 Å². The third-order valence-electron chi connectivity index (χ3n) is 4.15. The second kappa shape index (κ2) is 4.56. The van der Waals surface area contributed by atoms with E-state index in [2.05, 4.69) is 58.1 Å². The van der Waals surface area contributed by atoms with Gasteiger partial charge in [-0.15, -0.1) is 5.10 Å². The molecule has 3 heteroatoms. The Hall–Kier alpha value is -0.860. The van der Waals surface area contributed by atoms with Gasteiger partial charge in [0.05, 0.1) is 11.2 Å². The summed E-state index contributed by atoms with van der Waals surface area (Å²) in [5.41, 5.74) is 1.33. The minimum absolute atomic E-state index is 0.106. The average Bonchev–Trinajstić information content (AvgIpc) is 2.78. The van der Waals surface area contributed by atoms with Crippen molar-refractivity contribution in [2.75, 3.05) is 0 Å². The Balaban J connectivity index is 3.03. The molecule has 1 aromatic heterocycles. The molecule has 0 aliphatic rings. The van der Waals surface area contributed by atoms with Gasteiger partial charge in [-0.2, -0.15) is 0 Å². The molecular formula is C13H25N3. The van der Waals surface area contributed by atoms with Crippen molar-refractivity contribution in [2.45, 2.75) is 71.8 Å². The van der Waals surface area contributed by atoms with Crippen molar-refractivity contribution in [1.29, 1.82) is 0 Å². The van der Waals surface area contributed by atoms with Crippen LogP contribution in [0, 0.1) is 0 Å². The van der Waals surface area contributed by atoms with Gasteiger partial charge in [0, 0.05) is 11.6 Å². The topological polar surface area (TPSA) is 30.7 Å². The Morgan fingerprint density at radius 1 is 1.06 bits per heavy atom. The van der Waals surface area contributed by atoms with Crippen LogP contribution < -0.4 is 0 Å². The molecule has 0 aromatic carbocycles. The highest BCUT2D eigenvalue weighted by Crippen LogP contribution is 2.28. The molecule has 3 nitrogen and oxygen atoms in total. The predicted molar refractivity (Wildman–Crippen MR) is 67.6 cm³/mol. The second-order valence-electron chi connectivity index (χ2n) is 5.49. The molecule has 0 radical (unpaired) electrons. The molecule has 0 aliphatic carbocycles. The lowest BCUT2D eigenvalue weighted by Gasteiger charge is -2.26. The lowest BCUT2D eigenvalue weighted by molar-refractivity contribution is 0.259. The number of hydrogen-bond donors (Lipinski definition) is 0. The lowest BCUT2D eigenvalue weighted by Crippen LogP contribution is -2.29. The second-order valence-corrected chi connectivity index (χ2v) is 5.49. The molecule has 0 amide bonds. The van der Waals surface area contributed by atoms with Gasteiger partial charge in [-0.25, -0.2) is 4.68 Å². The first-order valence-corrected chi connectivity index (χ1v) is 6.33. The predicted octanol–water partition coefficient (Wildman–Crippen LogP) is 3.50. The van der Waals surface area contributed by atoms with E-state index in [1.54, 1.807) is 0 Å². The van der Waals surface area contributed by atoms with E-state index in [9.17, 15) is 0 Å². The van der Waals surface area contributed by atoms with Crippen LogP contribution in [0.25, 0.3) is 0 Å².